The lowest BCUT2D eigenvalue weighted by Crippen LogP contribution is -2.06. The highest BCUT2D eigenvalue weighted by Gasteiger charge is 2.16. The van der Waals surface area contributed by atoms with Crippen LogP contribution in [0.4, 0.5) is 10.1 Å². The minimum atomic E-state index is -0.525. The largest absolute Gasteiger partial charge is 0.324 e. The predicted octanol–water partition coefficient (Wildman–Crippen LogP) is 5.19. The van der Waals surface area contributed by atoms with Crippen molar-refractivity contribution in [3.05, 3.63) is 89.0 Å². The minimum Gasteiger partial charge on any atom is -0.324 e. The average Bonchev–Trinajstić information content (AvgIpc) is 2.61. The fraction of sp³-hybridized carbons (Fsp3) is 0.100. The number of anilines is 1. The van der Waals surface area contributed by atoms with Gasteiger partial charge in [0.15, 0.2) is 5.78 Å². The lowest BCUT2D eigenvalue weighted by atomic mass is 9.99. The zero-order valence-electron chi connectivity index (χ0n) is 13.9. The number of aryl methyl sites for hydroxylation is 2. The van der Waals surface area contributed by atoms with E-state index in [-0.39, 0.29) is 11.3 Å². The molecule has 5 heteroatoms. The SMILES string of the molecule is Cc1ccncc1NSc1ccc(C(=O)c2ccccc2C)c(F)c1. The smallest absolute Gasteiger partial charge is 0.196 e. The second-order valence-corrected chi connectivity index (χ2v) is 6.56. The van der Waals surface area contributed by atoms with Crippen LogP contribution in [0.15, 0.2) is 65.8 Å². The Hall–Kier alpha value is -2.66. The van der Waals surface area contributed by atoms with E-state index in [0.29, 0.717) is 10.5 Å². The van der Waals surface area contributed by atoms with Gasteiger partial charge in [0.2, 0.25) is 0 Å². The second kappa shape index (κ2) is 7.49. The summed E-state index contributed by atoms with van der Waals surface area (Å²) >= 11 is 1.28. The Morgan fingerprint density at radius 3 is 2.56 bits per heavy atom. The van der Waals surface area contributed by atoms with Gasteiger partial charge in [-0.15, -0.1) is 0 Å². The number of benzene rings is 2. The van der Waals surface area contributed by atoms with Crippen molar-refractivity contribution >= 4 is 23.4 Å². The van der Waals surface area contributed by atoms with Gasteiger partial charge < -0.3 is 4.72 Å². The predicted molar refractivity (Wildman–Crippen MR) is 99.5 cm³/mol. The summed E-state index contributed by atoms with van der Waals surface area (Å²) in [5.41, 5.74) is 3.35. The molecule has 0 fully saturated rings. The summed E-state index contributed by atoms with van der Waals surface area (Å²) in [5, 5.41) is 0. The molecule has 0 radical (unpaired) electrons. The summed E-state index contributed by atoms with van der Waals surface area (Å²) in [6.45, 7) is 3.81. The van der Waals surface area contributed by atoms with E-state index in [1.807, 2.05) is 32.0 Å². The van der Waals surface area contributed by atoms with Crippen LogP contribution in [-0.2, 0) is 0 Å². The van der Waals surface area contributed by atoms with E-state index >= 15 is 0 Å². The lowest BCUT2D eigenvalue weighted by molar-refractivity contribution is 0.103. The molecule has 3 aromatic rings. The number of nitrogens with one attached hydrogen (secondary N) is 1. The van der Waals surface area contributed by atoms with Gasteiger partial charge in [0.1, 0.15) is 5.82 Å². The summed E-state index contributed by atoms with van der Waals surface area (Å²) in [4.78, 5) is 17.3. The van der Waals surface area contributed by atoms with E-state index in [4.69, 9.17) is 0 Å². The summed E-state index contributed by atoms with van der Waals surface area (Å²) in [6, 6.07) is 13.7. The number of hydrogen-bond acceptors (Lipinski definition) is 4. The van der Waals surface area contributed by atoms with Crippen molar-refractivity contribution in [3.8, 4) is 0 Å². The van der Waals surface area contributed by atoms with Crippen molar-refractivity contribution < 1.29 is 9.18 Å². The van der Waals surface area contributed by atoms with Gasteiger partial charge in [-0.25, -0.2) is 4.39 Å². The molecule has 0 bridgehead atoms. The maximum Gasteiger partial charge on any atom is 0.196 e. The molecule has 0 aliphatic carbocycles. The number of hydrogen-bond donors (Lipinski definition) is 1. The van der Waals surface area contributed by atoms with E-state index in [1.54, 1.807) is 30.6 Å². The van der Waals surface area contributed by atoms with Crippen LogP contribution in [-0.4, -0.2) is 10.8 Å². The molecule has 2 aromatic carbocycles. The summed E-state index contributed by atoms with van der Waals surface area (Å²) in [5.74, 6) is -0.828. The number of carbonyl (C=O) groups excluding carboxylic acids is 1. The monoisotopic (exact) mass is 352 g/mol. The molecule has 0 aliphatic heterocycles. The fourth-order valence-electron chi connectivity index (χ4n) is 2.40. The van der Waals surface area contributed by atoms with Crippen LogP contribution >= 0.6 is 11.9 Å². The molecule has 1 N–H and O–H groups in total. The van der Waals surface area contributed by atoms with Crippen LogP contribution in [0, 0.1) is 19.7 Å². The van der Waals surface area contributed by atoms with Crippen molar-refractivity contribution in [1.82, 2.24) is 4.98 Å². The molecule has 0 saturated carbocycles. The van der Waals surface area contributed by atoms with Gasteiger partial charge in [0.25, 0.3) is 0 Å². The molecule has 3 nitrogen and oxygen atoms in total. The molecule has 0 amide bonds. The number of halogens is 1. The van der Waals surface area contributed by atoms with E-state index < -0.39 is 5.82 Å². The van der Waals surface area contributed by atoms with Crippen LogP contribution in [0.5, 0.6) is 0 Å². The number of aromatic nitrogens is 1. The Kier molecular flexibility index (Phi) is 5.14. The highest BCUT2D eigenvalue weighted by molar-refractivity contribution is 8.00. The van der Waals surface area contributed by atoms with Crippen LogP contribution < -0.4 is 4.72 Å². The molecule has 1 heterocycles. The van der Waals surface area contributed by atoms with Gasteiger partial charge in [-0.2, -0.15) is 0 Å². The van der Waals surface area contributed by atoms with E-state index in [0.717, 1.165) is 16.8 Å². The normalized spacial score (nSPS) is 10.5. The first-order chi connectivity index (χ1) is 12.1. The molecule has 3 rings (SSSR count). The first-order valence-corrected chi connectivity index (χ1v) is 8.61. The number of nitrogens with zero attached hydrogens (tertiary/aromatic N) is 1. The van der Waals surface area contributed by atoms with Gasteiger partial charge >= 0.3 is 0 Å². The third kappa shape index (κ3) is 3.88. The van der Waals surface area contributed by atoms with Gasteiger partial charge in [0, 0.05) is 16.7 Å². The van der Waals surface area contributed by atoms with Crippen LogP contribution in [0.25, 0.3) is 0 Å². The molecule has 0 atom stereocenters. The maximum atomic E-state index is 14.4. The molecular formula is C20H17FN2OS. The Labute approximate surface area is 150 Å². The first-order valence-electron chi connectivity index (χ1n) is 7.79. The Morgan fingerprint density at radius 1 is 1.04 bits per heavy atom. The highest BCUT2D eigenvalue weighted by atomic mass is 32.2. The van der Waals surface area contributed by atoms with Crippen molar-refractivity contribution in [3.63, 3.8) is 0 Å². The quantitative estimate of drug-likeness (QED) is 0.507. The highest BCUT2D eigenvalue weighted by Crippen LogP contribution is 2.25. The van der Waals surface area contributed by atoms with Crippen molar-refractivity contribution in [1.29, 1.82) is 0 Å². The van der Waals surface area contributed by atoms with Gasteiger partial charge in [0.05, 0.1) is 17.4 Å². The molecule has 25 heavy (non-hydrogen) atoms. The number of rotatable bonds is 5. The van der Waals surface area contributed by atoms with E-state index in [1.165, 1.54) is 24.1 Å². The third-order valence-corrected chi connectivity index (χ3v) is 4.70. The fourth-order valence-corrected chi connectivity index (χ4v) is 3.14. The molecule has 0 unspecified atom stereocenters. The van der Waals surface area contributed by atoms with Gasteiger partial charge in [-0.1, -0.05) is 24.3 Å². The van der Waals surface area contributed by atoms with Crippen LogP contribution in [0.3, 0.4) is 0 Å². The molecule has 0 saturated heterocycles. The first kappa shape index (κ1) is 17.2. The van der Waals surface area contributed by atoms with Gasteiger partial charge in [-0.3, -0.25) is 9.78 Å². The molecule has 126 valence electrons. The Balaban J connectivity index is 1.78. The third-order valence-electron chi connectivity index (χ3n) is 3.89. The number of carbonyl (C=O) groups is 1. The number of ketones is 1. The summed E-state index contributed by atoms with van der Waals surface area (Å²) < 4.78 is 17.6. The standard InChI is InChI=1S/C20H17FN2OS/c1-13-5-3-4-6-16(13)20(24)17-8-7-15(11-18(17)21)25-23-19-12-22-10-9-14(19)2/h3-12,23H,1-2H3. The van der Waals surface area contributed by atoms with Crippen molar-refractivity contribution in [2.75, 3.05) is 4.72 Å². The van der Waals surface area contributed by atoms with Crippen molar-refractivity contribution in [2.24, 2.45) is 0 Å². The summed E-state index contributed by atoms with van der Waals surface area (Å²) in [6.07, 6.45) is 3.44. The minimum absolute atomic E-state index is 0.0798. The zero-order valence-corrected chi connectivity index (χ0v) is 14.7. The van der Waals surface area contributed by atoms with Gasteiger partial charge in [-0.05, 0) is 61.2 Å². The molecule has 0 spiro atoms. The molecular weight excluding hydrogens is 335 g/mol. The van der Waals surface area contributed by atoms with Crippen LogP contribution in [0.1, 0.15) is 27.0 Å². The van der Waals surface area contributed by atoms with E-state index in [2.05, 4.69) is 9.71 Å². The average molecular weight is 352 g/mol. The van der Waals surface area contributed by atoms with E-state index in [9.17, 15) is 9.18 Å². The Bertz CT molecular complexity index is 927. The zero-order chi connectivity index (χ0) is 17.8. The maximum absolute atomic E-state index is 14.4. The van der Waals surface area contributed by atoms with Crippen LogP contribution in [0.2, 0.25) is 0 Å². The molecule has 0 aliphatic rings. The Morgan fingerprint density at radius 2 is 1.84 bits per heavy atom. The topological polar surface area (TPSA) is 42.0 Å². The lowest BCUT2D eigenvalue weighted by Gasteiger charge is -2.09. The van der Waals surface area contributed by atoms with Crippen molar-refractivity contribution in [2.45, 2.75) is 18.7 Å². The number of pyridine rings is 1. The summed E-state index contributed by atoms with van der Waals surface area (Å²) in [7, 11) is 0. The second-order valence-electron chi connectivity index (χ2n) is 5.68. The molecule has 1 aromatic heterocycles.